The Bertz CT molecular complexity index is 569. The quantitative estimate of drug-likeness (QED) is 0.858. The van der Waals surface area contributed by atoms with Crippen LogP contribution >= 0.6 is 15.9 Å². The van der Waals surface area contributed by atoms with Crippen LogP contribution in [0.2, 0.25) is 0 Å². The Morgan fingerprint density at radius 3 is 2.84 bits per heavy atom. The lowest BCUT2D eigenvalue weighted by Crippen LogP contribution is -2.35. The molecule has 5 nitrogen and oxygen atoms in total. The Balaban J connectivity index is 2.36. The number of nitrogens with two attached hydrogens (primary N) is 1. The van der Waals surface area contributed by atoms with Crippen LogP contribution in [0.5, 0.6) is 0 Å². The normalized spacial score (nSPS) is 19.8. The van der Waals surface area contributed by atoms with E-state index in [0.29, 0.717) is 30.7 Å². The second kappa shape index (κ2) is 5.88. The zero-order valence-electron chi connectivity index (χ0n) is 10.6. The second-order valence-corrected chi connectivity index (χ2v) is 7.09. The molecule has 1 saturated heterocycles. The topological polar surface area (TPSA) is 81.4 Å². The number of sulfonamides is 1. The Morgan fingerprint density at radius 2 is 2.26 bits per heavy atom. The monoisotopic (exact) mass is 348 g/mol. The van der Waals surface area contributed by atoms with Crippen molar-refractivity contribution in [2.75, 3.05) is 13.2 Å². The van der Waals surface area contributed by atoms with E-state index in [2.05, 4.69) is 20.7 Å². The fraction of sp³-hybridized carbons (Fsp3) is 0.500. The number of nitrogens with one attached hydrogen (secondary N) is 1. The van der Waals surface area contributed by atoms with E-state index in [1.807, 2.05) is 13.0 Å². The molecule has 7 heteroatoms. The first-order chi connectivity index (χ1) is 8.94. The maximum absolute atomic E-state index is 12.4. The summed E-state index contributed by atoms with van der Waals surface area (Å²) in [6, 6.07) is 3.33. The fourth-order valence-corrected chi connectivity index (χ4v) is 4.36. The number of rotatable bonds is 4. The van der Waals surface area contributed by atoms with Crippen LogP contribution in [0.1, 0.15) is 17.5 Å². The van der Waals surface area contributed by atoms with Gasteiger partial charge in [-0.25, -0.2) is 13.1 Å². The Hall–Kier alpha value is -0.470. The molecule has 1 heterocycles. The summed E-state index contributed by atoms with van der Waals surface area (Å²) in [6.45, 7) is 3.17. The van der Waals surface area contributed by atoms with Gasteiger partial charge in [0.1, 0.15) is 0 Å². The van der Waals surface area contributed by atoms with Crippen molar-refractivity contribution in [2.45, 2.75) is 30.8 Å². The summed E-state index contributed by atoms with van der Waals surface area (Å²) in [5.41, 5.74) is 7.24. The summed E-state index contributed by atoms with van der Waals surface area (Å²) < 4.78 is 33.2. The van der Waals surface area contributed by atoms with Crippen LogP contribution in [0.25, 0.3) is 0 Å². The van der Waals surface area contributed by atoms with Gasteiger partial charge in [-0.1, -0.05) is 6.07 Å². The average molecular weight is 349 g/mol. The van der Waals surface area contributed by atoms with Crippen LogP contribution in [0.3, 0.4) is 0 Å². The minimum absolute atomic E-state index is 0.154. The molecule has 1 aromatic carbocycles. The van der Waals surface area contributed by atoms with Gasteiger partial charge in [0.25, 0.3) is 0 Å². The summed E-state index contributed by atoms with van der Waals surface area (Å²) in [5.74, 6) is 0. The zero-order valence-corrected chi connectivity index (χ0v) is 13.1. The van der Waals surface area contributed by atoms with Gasteiger partial charge in [0.15, 0.2) is 0 Å². The first-order valence-corrected chi connectivity index (χ1v) is 8.31. The Kier molecular flexibility index (Phi) is 4.62. The number of benzene rings is 1. The number of hydrogen-bond donors (Lipinski definition) is 2. The van der Waals surface area contributed by atoms with E-state index in [1.165, 1.54) is 0 Å². The predicted molar refractivity (Wildman–Crippen MR) is 76.3 cm³/mol. The third-order valence-electron chi connectivity index (χ3n) is 3.06. The molecular formula is C12H17BrN2O3S. The fourth-order valence-electron chi connectivity index (χ4n) is 2.03. The molecule has 0 aliphatic carbocycles. The molecule has 0 spiro atoms. The first kappa shape index (κ1) is 14.9. The van der Waals surface area contributed by atoms with Crippen molar-refractivity contribution in [3.05, 3.63) is 27.7 Å². The van der Waals surface area contributed by atoms with Gasteiger partial charge in [-0.2, -0.15) is 0 Å². The molecule has 0 radical (unpaired) electrons. The number of ether oxygens (including phenoxy) is 1. The van der Waals surface area contributed by atoms with E-state index in [-0.39, 0.29) is 10.9 Å². The molecule has 1 atom stereocenters. The van der Waals surface area contributed by atoms with Crippen molar-refractivity contribution in [2.24, 2.45) is 5.73 Å². The highest BCUT2D eigenvalue weighted by molar-refractivity contribution is 9.10. The van der Waals surface area contributed by atoms with Crippen molar-refractivity contribution < 1.29 is 13.2 Å². The van der Waals surface area contributed by atoms with E-state index in [0.717, 1.165) is 11.1 Å². The molecule has 106 valence electrons. The maximum Gasteiger partial charge on any atom is 0.242 e. The van der Waals surface area contributed by atoms with Crippen molar-refractivity contribution in [3.63, 3.8) is 0 Å². The molecule has 0 aromatic heterocycles. The van der Waals surface area contributed by atoms with E-state index in [9.17, 15) is 8.42 Å². The number of aryl methyl sites for hydroxylation is 1. The van der Waals surface area contributed by atoms with Crippen molar-refractivity contribution >= 4 is 26.0 Å². The summed E-state index contributed by atoms with van der Waals surface area (Å²) in [5, 5.41) is 0. The van der Waals surface area contributed by atoms with Gasteiger partial charge in [-0.05, 0) is 46.5 Å². The largest absolute Gasteiger partial charge is 0.380 e. The van der Waals surface area contributed by atoms with Crippen LogP contribution in [0, 0.1) is 6.92 Å². The molecule has 1 aliphatic rings. The van der Waals surface area contributed by atoms with Crippen LogP contribution in [0.4, 0.5) is 0 Å². The van der Waals surface area contributed by atoms with Gasteiger partial charge in [-0.3, -0.25) is 0 Å². The van der Waals surface area contributed by atoms with Gasteiger partial charge < -0.3 is 10.5 Å². The third-order valence-corrected chi connectivity index (χ3v) is 5.92. The third kappa shape index (κ3) is 3.35. The molecule has 1 unspecified atom stereocenters. The van der Waals surface area contributed by atoms with E-state index in [1.54, 1.807) is 6.07 Å². The van der Waals surface area contributed by atoms with Crippen LogP contribution in [0.15, 0.2) is 21.5 Å². The molecular weight excluding hydrogens is 332 g/mol. The summed E-state index contributed by atoms with van der Waals surface area (Å²) >= 11 is 3.34. The lowest BCUT2D eigenvalue weighted by atomic mass is 10.1. The standard InChI is InChI=1S/C12H17BrN2O3S/c1-8-4-9(6-14)5-11(12(8)13)19(16,17)15-10-2-3-18-7-10/h4-5,10,15H,2-3,6-7,14H2,1H3. The highest BCUT2D eigenvalue weighted by Gasteiger charge is 2.25. The molecule has 3 N–H and O–H groups in total. The first-order valence-electron chi connectivity index (χ1n) is 6.03. The highest BCUT2D eigenvalue weighted by atomic mass is 79.9. The smallest absolute Gasteiger partial charge is 0.242 e. The van der Waals surface area contributed by atoms with E-state index >= 15 is 0 Å². The minimum Gasteiger partial charge on any atom is -0.380 e. The van der Waals surface area contributed by atoms with Crippen LogP contribution in [-0.4, -0.2) is 27.7 Å². The van der Waals surface area contributed by atoms with Crippen molar-refractivity contribution in [1.82, 2.24) is 4.72 Å². The lowest BCUT2D eigenvalue weighted by Gasteiger charge is -2.15. The average Bonchev–Trinajstić information content (AvgIpc) is 2.84. The minimum atomic E-state index is -3.56. The van der Waals surface area contributed by atoms with Gasteiger partial charge >= 0.3 is 0 Å². The second-order valence-electron chi connectivity index (χ2n) is 4.61. The maximum atomic E-state index is 12.4. The van der Waals surface area contributed by atoms with Crippen LogP contribution in [-0.2, 0) is 21.3 Å². The van der Waals surface area contributed by atoms with Gasteiger partial charge in [0, 0.05) is 23.7 Å². The Morgan fingerprint density at radius 1 is 1.53 bits per heavy atom. The molecule has 1 aromatic rings. The molecule has 0 amide bonds. The lowest BCUT2D eigenvalue weighted by molar-refractivity contribution is 0.192. The number of hydrogen-bond acceptors (Lipinski definition) is 4. The molecule has 0 saturated carbocycles. The summed E-state index contributed by atoms with van der Waals surface area (Å²) in [4.78, 5) is 0.236. The van der Waals surface area contributed by atoms with Gasteiger partial charge in [0.2, 0.25) is 10.0 Å². The van der Waals surface area contributed by atoms with Gasteiger partial charge in [-0.15, -0.1) is 0 Å². The van der Waals surface area contributed by atoms with E-state index in [4.69, 9.17) is 10.5 Å². The highest BCUT2D eigenvalue weighted by Crippen LogP contribution is 2.27. The molecule has 19 heavy (non-hydrogen) atoms. The van der Waals surface area contributed by atoms with Gasteiger partial charge in [0.05, 0.1) is 11.5 Å². The molecule has 1 fully saturated rings. The Labute approximate surface area is 121 Å². The molecule has 0 bridgehead atoms. The predicted octanol–water partition coefficient (Wildman–Crippen LogP) is 1.28. The van der Waals surface area contributed by atoms with E-state index < -0.39 is 10.0 Å². The number of halogens is 1. The molecule has 1 aliphatic heterocycles. The SMILES string of the molecule is Cc1cc(CN)cc(S(=O)(=O)NC2CCOC2)c1Br. The summed E-state index contributed by atoms with van der Waals surface area (Å²) in [6.07, 6.45) is 0.701. The van der Waals surface area contributed by atoms with Crippen LogP contribution < -0.4 is 10.5 Å². The van der Waals surface area contributed by atoms with Crippen molar-refractivity contribution in [1.29, 1.82) is 0 Å². The van der Waals surface area contributed by atoms with Crippen molar-refractivity contribution in [3.8, 4) is 0 Å². The summed E-state index contributed by atoms with van der Waals surface area (Å²) in [7, 11) is -3.56. The molecule has 2 rings (SSSR count). The zero-order chi connectivity index (χ0) is 14.0.